The number of rotatable bonds is 3. The molecular weight excluding hydrogens is 338 g/mol. The summed E-state index contributed by atoms with van der Waals surface area (Å²) in [4.78, 5) is 25.6. The molecular formula is C23H29NO3. The minimum atomic E-state index is -1.12. The maximum absolute atomic E-state index is 13.2. The molecule has 144 valence electrons. The van der Waals surface area contributed by atoms with Gasteiger partial charge in [0.15, 0.2) is 5.60 Å². The zero-order chi connectivity index (χ0) is 18.8. The zero-order valence-corrected chi connectivity index (χ0v) is 16.3. The molecule has 1 aromatic carbocycles. The number of hydrogen-bond acceptors (Lipinski definition) is 3. The van der Waals surface area contributed by atoms with Crippen LogP contribution >= 0.6 is 0 Å². The van der Waals surface area contributed by atoms with Gasteiger partial charge < -0.3 is 10.1 Å². The highest BCUT2D eigenvalue weighted by molar-refractivity contribution is 5.97. The second-order valence-electron chi connectivity index (χ2n) is 9.93. The first-order valence-corrected chi connectivity index (χ1v) is 10.5. The van der Waals surface area contributed by atoms with Crippen LogP contribution in [-0.2, 0) is 16.0 Å². The summed E-state index contributed by atoms with van der Waals surface area (Å²) >= 11 is 0. The molecule has 5 aliphatic rings. The predicted octanol–water partition coefficient (Wildman–Crippen LogP) is 3.88. The lowest BCUT2D eigenvalue weighted by Crippen LogP contribution is -2.60. The van der Waals surface area contributed by atoms with Gasteiger partial charge in [-0.25, -0.2) is 4.79 Å². The van der Waals surface area contributed by atoms with Crippen LogP contribution < -0.4 is 5.32 Å². The number of benzene rings is 1. The van der Waals surface area contributed by atoms with Crippen LogP contribution in [0.3, 0.4) is 0 Å². The number of carbonyl (C=O) groups excluding carboxylic acids is 2. The summed E-state index contributed by atoms with van der Waals surface area (Å²) in [5, 5.41) is 3.28. The van der Waals surface area contributed by atoms with Crippen molar-refractivity contribution in [1.82, 2.24) is 5.32 Å². The highest BCUT2D eigenvalue weighted by Gasteiger charge is 2.54. The fraction of sp³-hybridized carbons (Fsp3) is 0.652. The lowest BCUT2D eigenvalue weighted by atomic mass is 9.48. The van der Waals surface area contributed by atoms with E-state index in [9.17, 15) is 9.59 Å². The molecule has 1 N–H and O–H groups in total. The van der Waals surface area contributed by atoms with Crippen molar-refractivity contribution in [3.63, 3.8) is 0 Å². The van der Waals surface area contributed by atoms with Crippen molar-refractivity contribution < 1.29 is 14.3 Å². The topological polar surface area (TPSA) is 55.4 Å². The third-order valence-electron chi connectivity index (χ3n) is 7.92. The van der Waals surface area contributed by atoms with Crippen LogP contribution in [0.2, 0.25) is 0 Å². The van der Waals surface area contributed by atoms with Gasteiger partial charge in [-0.05, 0) is 87.2 Å². The van der Waals surface area contributed by atoms with E-state index >= 15 is 0 Å². The monoisotopic (exact) mass is 367 g/mol. The average Bonchev–Trinajstić information content (AvgIpc) is 2.60. The first-order valence-electron chi connectivity index (χ1n) is 10.5. The van der Waals surface area contributed by atoms with Crippen molar-refractivity contribution >= 4 is 11.9 Å². The normalized spacial score (nSPS) is 40.2. The van der Waals surface area contributed by atoms with E-state index < -0.39 is 11.6 Å². The van der Waals surface area contributed by atoms with E-state index in [1.807, 2.05) is 18.2 Å². The summed E-state index contributed by atoms with van der Waals surface area (Å²) in [5.41, 5.74) is 0.602. The molecule has 4 saturated carbocycles. The Kier molecular flexibility index (Phi) is 3.73. The van der Waals surface area contributed by atoms with Gasteiger partial charge >= 0.3 is 5.97 Å². The molecule has 27 heavy (non-hydrogen) atoms. The SMILES string of the molecule is C[C@@H](NC(=O)[C@]1(C)Cc2ccccc2C(=O)O1)C12CC3CC(CC(C3)C1)C2. The average molecular weight is 367 g/mol. The summed E-state index contributed by atoms with van der Waals surface area (Å²) in [7, 11) is 0. The van der Waals surface area contributed by atoms with Gasteiger partial charge in [0.25, 0.3) is 5.91 Å². The van der Waals surface area contributed by atoms with Crippen molar-refractivity contribution in [1.29, 1.82) is 0 Å². The van der Waals surface area contributed by atoms with Gasteiger partial charge in [0.2, 0.25) is 0 Å². The van der Waals surface area contributed by atoms with Crippen molar-refractivity contribution in [3.05, 3.63) is 35.4 Å². The smallest absolute Gasteiger partial charge is 0.339 e. The minimum Gasteiger partial charge on any atom is -0.445 e. The molecule has 6 rings (SSSR count). The molecule has 4 heteroatoms. The molecule has 0 saturated heterocycles. The van der Waals surface area contributed by atoms with Crippen LogP contribution in [0.25, 0.3) is 0 Å². The summed E-state index contributed by atoms with van der Waals surface area (Å²) in [6.45, 7) is 3.93. The zero-order valence-electron chi connectivity index (χ0n) is 16.3. The molecule has 2 atom stereocenters. The Morgan fingerprint density at radius 3 is 2.33 bits per heavy atom. The molecule has 1 aliphatic heterocycles. The summed E-state index contributed by atoms with van der Waals surface area (Å²) < 4.78 is 5.63. The fourth-order valence-electron chi connectivity index (χ4n) is 6.87. The number of esters is 1. The number of nitrogens with one attached hydrogen (secondary N) is 1. The van der Waals surface area contributed by atoms with Crippen molar-refractivity contribution in [2.24, 2.45) is 23.2 Å². The lowest BCUT2D eigenvalue weighted by Gasteiger charge is -2.59. The Hall–Kier alpha value is -1.84. The first kappa shape index (κ1) is 17.3. The summed E-state index contributed by atoms with van der Waals surface area (Å²) in [5.74, 6) is 2.02. The Balaban J connectivity index is 1.34. The molecule has 4 nitrogen and oxygen atoms in total. The quantitative estimate of drug-likeness (QED) is 0.825. The van der Waals surface area contributed by atoms with E-state index in [0.29, 0.717) is 12.0 Å². The fourth-order valence-corrected chi connectivity index (χ4v) is 6.87. The molecule has 1 heterocycles. The van der Waals surface area contributed by atoms with Gasteiger partial charge in [-0.3, -0.25) is 4.79 Å². The molecule has 1 aromatic rings. The standard InChI is InChI=1S/C23H29NO3/c1-14(23-10-15-7-16(11-23)9-17(8-15)12-23)24-21(26)22(2)13-18-5-3-4-6-19(18)20(25)27-22/h3-6,14-17H,7-13H2,1-2H3,(H,24,26)/t14-,15?,16?,17?,22+,23?/m1/s1. The molecule has 1 amide bonds. The van der Waals surface area contributed by atoms with Crippen LogP contribution in [-0.4, -0.2) is 23.5 Å². The van der Waals surface area contributed by atoms with Crippen molar-refractivity contribution in [2.75, 3.05) is 0 Å². The second kappa shape index (κ2) is 5.83. The highest BCUT2D eigenvalue weighted by atomic mass is 16.6. The molecule has 0 spiro atoms. The van der Waals surface area contributed by atoms with Crippen LogP contribution in [0.5, 0.6) is 0 Å². The lowest BCUT2D eigenvalue weighted by molar-refractivity contribution is -0.144. The predicted molar refractivity (Wildman–Crippen MR) is 102 cm³/mol. The number of ether oxygens (including phenoxy) is 1. The minimum absolute atomic E-state index is 0.131. The van der Waals surface area contributed by atoms with Gasteiger partial charge in [-0.1, -0.05) is 18.2 Å². The van der Waals surface area contributed by atoms with Gasteiger partial charge in [0.1, 0.15) is 0 Å². The number of hydrogen-bond donors (Lipinski definition) is 1. The van der Waals surface area contributed by atoms with Crippen LogP contribution in [0.4, 0.5) is 0 Å². The van der Waals surface area contributed by atoms with E-state index in [-0.39, 0.29) is 17.4 Å². The van der Waals surface area contributed by atoms with Crippen LogP contribution in [0.15, 0.2) is 24.3 Å². The molecule has 4 fully saturated rings. The third-order valence-corrected chi connectivity index (χ3v) is 7.92. The maximum Gasteiger partial charge on any atom is 0.339 e. The van der Waals surface area contributed by atoms with Crippen LogP contribution in [0, 0.1) is 23.2 Å². The van der Waals surface area contributed by atoms with E-state index in [1.54, 1.807) is 13.0 Å². The maximum atomic E-state index is 13.2. The van der Waals surface area contributed by atoms with E-state index in [0.717, 1.165) is 23.3 Å². The van der Waals surface area contributed by atoms with E-state index in [4.69, 9.17) is 4.74 Å². The Morgan fingerprint density at radius 2 is 1.70 bits per heavy atom. The summed E-state index contributed by atoms with van der Waals surface area (Å²) in [6, 6.07) is 7.56. The molecule has 0 unspecified atom stereocenters. The molecule has 4 bridgehead atoms. The number of fused-ring (bicyclic) bond motifs is 1. The van der Waals surface area contributed by atoms with E-state index in [2.05, 4.69) is 12.2 Å². The number of cyclic esters (lactones) is 1. The van der Waals surface area contributed by atoms with Gasteiger partial charge in [-0.2, -0.15) is 0 Å². The Morgan fingerprint density at radius 1 is 1.11 bits per heavy atom. The van der Waals surface area contributed by atoms with Gasteiger partial charge in [0.05, 0.1) is 5.56 Å². The largest absolute Gasteiger partial charge is 0.445 e. The van der Waals surface area contributed by atoms with Crippen molar-refractivity contribution in [2.45, 2.75) is 70.4 Å². The van der Waals surface area contributed by atoms with Gasteiger partial charge in [-0.15, -0.1) is 0 Å². The summed E-state index contributed by atoms with van der Waals surface area (Å²) in [6.07, 6.45) is 8.37. The Labute approximate surface area is 161 Å². The highest BCUT2D eigenvalue weighted by Crippen LogP contribution is 2.61. The number of amides is 1. The van der Waals surface area contributed by atoms with Crippen LogP contribution in [0.1, 0.15) is 68.3 Å². The number of carbonyl (C=O) groups is 2. The third kappa shape index (κ3) is 2.71. The van der Waals surface area contributed by atoms with Crippen molar-refractivity contribution in [3.8, 4) is 0 Å². The second-order valence-corrected chi connectivity index (χ2v) is 9.93. The molecule has 4 aliphatic carbocycles. The van der Waals surface area contributed by atoms with E-state index in [1.165, 1.54) is 38.5 Å². The molecule has 0 aromatic heterocycles. The molecule has 0 radical (unpaired) electrons. The Bertz CT molecular complexity index is 765. The van der Waals surface area contributed by atoms with Gasteiger partial charge in [0, 0.05) is 12.5 Å². The first-order chi connectivity index (χ1) is 12.9.